The summed E-state index contributed by atoms with van der Waals surface area (Å²) in [6.07, 6.45) is 6.05. The van der Waals surface area contributed by atoms with Crippen LogP contribution >= 0.6 is 0 Å². The lowest BCUT2D eigenvalue weighted by Crippen LogP contribution is -2.21. The molecule has 0 fully saturated rings. The highest BCUT2D eigenvalue weighted by molar-refractivity contribution is 5.04. The van der Waals surface area contributed by atoms with Gasteiger partial charge in [0.25, 0.3) is 0 Å². The molecule has 0 N–H and O–H groups in total. The van der Waals surface area contributed by atoms with Crippen molar-refractivity contribution in [1.82, 2.24) is 9.55 Å². The molecule has 0 saturated carbocycles. The number of hydrogen-bond donors (Lipinski definition) is 0. The highest BCUT2D eigenvalue weighted by Gasteiger charge is 2.20. The number of hydrogen-bond acceptors (Lipinski definition) is 1. The topological polar surface area (TPSA) is 17.8 Å². The Labute approximate surface area is 86.3 Å². The molecule has 0 spiro atoms. The lowest BCUT2D eigenvalue weighted by molar-refractivity contribution is 0.309. The van der Waals surface area contributed by atoms with Crippen LogP contribution in [0.2, 0.25) is 0 Å². The molecule has 1 aromatic heterocycles. The SMILES string of the molecule is Cc1cn2c(n1)CCC(CC(C)C)C2. The van der Waals surface area contributed by atoms with E-state index >= 15 is 0 Å². The van der Waals surface area contributed by atoms with Crippen molar-refractivity contribution in [1.29, 1.82) is 0 Å². The van der Waals surface area contributed by atoms with Gasteiger partial charge in [0.05, 0.1) is 5.69 Å². The van der Waals surface area contributed by atoms with Crippen LogP contribution in [0.4, 0.5) is 0 Å². The Bertz CT molecular complexity index is 312. The van der Waals surface area contributed by atoms with Crippen molar-refractivity contribution in [3.63, 3.8) is 0 Å². The van der Waals surface area contributed by atoms with Gasteiger partial charge >= 0.3 is 0 Å². The summed E-state index contributed by atoms with van der Waals surface area (Å²) < 4.78 is 2.35. The number of aromatic nitrogens is 2. The molecule has 2 rings (SSSR count). The Hall–Kier alpha value is -0.790. The molecule has 0 aliphatic carbocycles. The van der Waals surface area contributed by atoms with Crippen LogP contribution in [-0.4, -0.2) is 9.55 Å². The van der Waals surface area contributed by atoms with Crippen LogP contribution in [-0.2, 0) is 13.0 Å². The van der Waals surface area contributed by atoms with Crippen LogP contribution in [0.25, 0.3) is 0 Å². The largest absolute Gasteiger partial charge is 0.334 e. The summed E-state index contributed by atoms with van der Waals surface area (Å²) in [5, 5.41) is 0. The van der Waals surface area contributed by atoms with Gasteiger partial charge in [0.1, 0.15) is 5.82 Å². The number of aryl methyl sites for hydroxylation is 2. The van der Waals surface area contributed by atoms with E-state index in [0.717, 1.165) is 11.8 Å². The van der Waals surface area contributed by atoms with Crippen LogP contribution in [0.3, 0.4) is 0 Å². The van der Waals surface area contributed by atoms with Gasteiger partial charge in [-0.2, -0.15) is 0 Å². The minimum Gasteiger partial charge on any atom is -0.334 e. The lowest BCUT2D eigenvalue weighted by Gasteiger charge is -2.24. The first-order valence-corrected chi connectivity index (χ1v) is 5.68. The van der Waals surface area contributed by atoms with Crippen molar-refractivity contribution < 1.29 is 0 Å². The van der Waals surface area contributed by atoms with Gasteiger partial charge in [-0.25, -0.2) is 4.98 Å². The van der Waals surface area contributed by atoms with Gasteiger partial charge in [0.15, 0.2) is 0 Å². The van der Waals surface area contributed by atoms with Gasteiger partial charge in [-0.1, -0.05) is 13.8 Å². The maximum atomic E-state index is 4.53. The molecule has 2 heterocycles. The normalized spacial score (nSPS) is 21.3. The average Bonchev–Trinajstić information content (AvgIpc) is 2.42. The van der Waals surface area contributed by atoms with E-state index in [2.05, 4.69) is 36.5 Å². The molecule has 2 heteroatoms. The van der Waals surface area contributed by atoms with E-state index in [4.69, 9.17) is 0 Å². The molecule has 14 heavy (non-hydrogen) atoms. The maximum Gasteiger partial charge on any atom is 0.108 e. The molecule has 0 aromatic carbocycles. The van der Waals surface area contributed by atoms with E-state index < -0.39 is 0 Å². The maximum absolute atomic E-state index is 4.53. The van der Waals surface area contributed by atoms with Crippen LogP contribution in [0.1, 0.15) is 38.2 Å². The third-order valence-corrected chi connectivity index (χ3v) is 3.02. The van der Waals surface area contributed by atoms with Crippen molar-refractivity contribution >= 4 is 0 Å². The minimum absolute atomic E-state index is 0.825. The molecule has 1 unspecified atom stereocenters. The first-order chi connectivity index (χ1) is 6.65. The van der Waals surface area contributed by atoms with Crippen molar-refractivity contribution in [2.75, 3.05) is 0 Å². The van der Waals surface area contributed by atoms with Gasteiger partial charge in [-0.05, 0) is 31.6 Å². The van der Waals surface area contributed by atoms with Gasteiger partial charge in [0, 0.05) is 19.2 Å². The molecule has 2 nitrogen and oxygen atoms in total. The second-order valence-corrected chi connectivity index (χ2v) is 4.99. The van der Waals surface area contributed by atoms with E-state index in [1.165, 1.54) is 37.3 Å². The molecule has 0 bridgehead atoms. The predicted molar refractivity (Wildman–Crippen MR) is 58.2 cm³/mol. The lowest BCUT2D eigenvalue weighted by atomic mass is 9.91. The Morgan fingerprint density at radius 3 is 3.07 bits per heavy atom. The highest BCUT2D eigenvalue weighted by atomic mass is 15.1. The quantitative estimate of drug-likeness (QED) is 0.704. The monoisotopic (exact) mass is 192 g/mol. The number of imidazole rings is 1. The molecular weight excluding hydrogens is 172 g/mol. The fourth-order valence-electron chi connectivity index (χ4n) is 2.52. The van der Waals surface area contributed by atoms with Gasteiger partial charge in [-0.3, -0.25) is 0 Å². The van der Waals surface area contributed by atoms with Crippen LogP contribution in [0.15, 0.2) is 6.20 Å². The third kappa shape index (κ3) is 1.99. The van der Waals surface area contributed by atoms with E-state index in [0.29, 0.717) is 0 Å². The van der Waals surface area contributed by atoms with Gasteiger partial charge in [0.2, 0.25) is 0 Å². The molecule has 0 radical (unpaired) electrons. The summed E-state index contributed by atoms with van der Waals surface area (Å²) in [6.45, 7) is 7.90. The highest BCUT2D eigenvalue weighted by Crippen LogP contribution is 2.25. The zero-order chi connectivity index (χ0) is 10.1. The molecule has 0 saturated heterocycles. The molecule has 1 aliphatic rings. The van der Waals surface area contributed by atoms with E-state index in [1.807, 2.05) is 0 Å². The molecule has 1 atom stereocenters. The first-order valence-electron chi connectivity index (χ1n) is 5.68. The Morgan fingerprint density at radius 2 is 2.36 bits per heavy atom. The first kappa shape index (κ1) is 9.75. The molecule has 78 valence electrons. The zero-order valence-corrected chi connectivity index (χ0v) is 9.45. The minimum atomic E-state index is 0.825. The zero-order valence-electron chi connectivity index (χ0n) is 9.45. The summed E-state index contributed by atoms with van der Waals surface area (Å²) in [7, 11) is 0. The van der Waals surface area contributed by atoms with E-state index in [1.54, 1.807) is 0 Å². The van der Waals surface area contributed by atoms with E-state index in [9.17, 15) is 0 Å². The Morgan fingerprint density at radius 1 is 1.57 bits per heavy atom. The number of fused-ring (bicyclic) bond motifs is 1. The summed E-state index contributed by atoms with van der Waals surface area (Å²) in [5.41, 5.74) is 1.17. The molecular formula is C12H20N2. The standard InChI is InChI=1S/C12H20N2/c1-9(2)6-11-4-5-12-13-10(3)7-14(12)8-11/h7,9,11H,4-6,8H2,1-3H3. The summed E-state index contributed by atoms with van der Waals surface area (Å²) in [6, 6.07) is 0. The molecule has 0 amide bonds. The summed E-state index contributed by atoms with van der Waals surface area (Å²) in [4.78, 5) is 4.53. The molecule has 1 aromatic rings. The number of rotatable bonds is 2. The second kappa shape index (κ2) is 3.76. The van der Waals surface area contributed by atoms with E-state index in [-0.39, 0.29) is 0 Å². The summed E-state index contributed by atoms with van der Waals surface area (Å²) in [5.74, 6) is 2.99. The Kier molecular flexibility index (Phi) is 2.62. The Balaban J connectivity index is 2.05. The van der Waals surface area contributed by atoms with Crippen LogP contribution in [0, 0.1) is 18.8 Å². The second-order valence-electron chi connectivity index (χ2n) is 4.99. The van der Waals surface area contributed by atoms with Crippen molar-refractivity contribution in [3.05, 3.63) is 17.7 Å². The van der Waals surface area contributed by atoms with Crippen molar-refractivity contribution in [2.45, 2.75) is 46.6 Å². The fourth-order valence-corrected chi connectivity index (χ4v) is 2.52. The predicted octanol–water partition coefficient (Wildman–Crippen LogP) is 2.80. The summed E-state index contributed by atoms with van der Waals surface area (Å²) >= 11 is 0. The van der Waals surface area contributed by atoms with Crippen LogP contribution in [0.5, 0.6) is 0 Å². The van der Waals surface area contributed by atoms with Crippen LogP contribution < -0.4 is 0 Å². The third-order valence-electron chi connectivity index (χ3n) is 3.02. The van der Waals surface area contributed by atoms with Gasteiger partial charge in [-0.15, -0.1) is 0 Å². The average molecular weight is 192 g/mol. The number of nitrogens with zero attached hydrogens (tertiary/aromatic N) is 2. The molecule has 1 aliphatic heterocycles. The van der Waals surface area contributed by atoms with Gasteiger partial charge < -0.3 is 4.57 Å². The van der Waals surface area contributed by atoms with Crippen molar-refractivity contribution in [3.8, 4) is 0 Å². The van der Waals surface area contributed by atoms with Crippen molar-refractivity contribution in [2.24, 2.45) is 11.8 Å². The fraction of sp³-hybridized carbons (Fsp3) is 0.750. The smallest absolute Gasteiger partial charge is 0.108 e.